The van der Waals surface area contributed by atoms with Crippen LogP contribution in [-0.2, 0) is 17.8 Å². The fourth-order valence-corrected chi connectivity index (χ4v) is 4.98. The number of pyridine rings is 1. The summed E-state index contributed by atoms with van der Waals surface area (Å²) in [5.74, 6) is 0.338. The molecule has 2 atom stereocenters. The number of aromatic nitrogens is 1. The maximum absolute atomic E-state index is 14.0. The number of halogens is 2. The van der Waals surface area contributed by atoms with Gasteiger partial charge in [0.15, 0.2) is 0 Å². The molecule has 2 aliphatic rings. The van der Waals surface area contributed by atoms with Crippen molar-refractivity contribution in [1.29, 1.82) is 0 Å². The zero-order chi connectivity index (χ0) is 22.9. The summed E-state index contributed by atoms with van der Waals surface area (Å²) in [6.45, 7) is 3.74. The molecule has 0 bridgehead atoms. The first-order valence-corrected chi connectivity index (χ1v) is 11.2. The molecule has 0 saturated carbocycles. The van der Waals surface area contributed by atoms with Crippen LogP contribution in [-0.4, -0.2) is 46.9 Å². The first-order valence-electron chi connectivity index (χ1n) is 11.2. The van der Waals surface area contributed by atoms with Crippen LogP contribution < -0.4 is 5.73 Å². The minimum atomic E-state index is -0.309. The average Bonchev–Trinajstić information content (AvgIpc) is 3.36. The number of nitrogens with two attached hydrogens (primary N) is 1. The summed E-state index contributed by atoms with van der Waals surface area (Å²) in [6.07, 6.45) is 0.138. The van der Waals surface area contributed by atoms with Gasteiger partial charge >= 0.3 is 0 Å². The zero-order valence-corrected chi connectivity index (χ0v) is 18.3. The van der Waals surface area contributed by atoms with Gasteiger partial charge in [-0.1, -0.05) is 18.2 Å². The average molecular weight is 449 g/mol. The number of hydrogen-bond donors (Lipinski definition) is 1. The fraction of sp³-hybridized carbons (Fsp3) is 0.308. The van der Waals surface area contributed by atoms with Crippen molar-refractivity contribution in [2.24, 2.45) is 11.8 Å². The van der Waals surface area contributed by atoms with Gasteiger partial charge in [0.1, 0.15) is 11.6 Å². The Morgan fingerprint density at radius 1 is 0.939 bits per heavy atom. The van der Waals surface area contributed by atoms with Crippen LogP contribution in [0.2, 0.25) is 0 Å². The van der Waals surface area contributed by atoms with Crippen LogP contribution in [0, 0.1) is 23.5 Å². The second kappa shape index (κ2) is 8.90. The van der Waals surface area contributed by atoms with E-state index >= 15 is 0 Å². The second-order valence-electron chi connectivity index (χ2n) is 9.02. The highest BCUT2D eigenvalue weighted by molar-refractivity contribution is 5.80. The number of nitrogens with zero attached hydrogens (tertiary/aromatic N) is 3. The van der Waals surface area contributed by atoms with Crippen molar-refractivity contribution in [3.8, 4) is 11.3 Å². The third-order valence-corrected chi connectivity index (χ3v) is 6.73. The molecule has 0 aliphatic carbocycles. The summed E-state index contributed by atoms with van der Waals surface area (Å²) >= 11 is 0. The fourth-order valence-electron chi connectivity index (χ4n) is 4.98. The highest BCUT2D eigenvalue weighted by atomic mass is 19.1. The van der Waals surface area contributed by atoms with Crippen LogP contribution in [0.5, 0.6) is 0 Å². The van der Waals surface area contributed by atoms with Crippen molar-refractivity contribution in [3.05, 3.63) is 83.6 Å². The number of hydrogen-bond acceptors (Lipinski definition) is 4. The molecule has 2 fully saturated rings. The van der Waals surface area contributed by atoms with Crippen molar-refractivity contribution < 1.29 is 13.6 Å². The molecule has 3 heterocycles. The molecule has 2 unspecified atom stereocenters. The Morgan fingerprint density at radius 3 is 2.33 bits per heavy atom. The summed E-state index contributed by atoms with van der Waals surface area (Å²) in [5, 5.41) is 0. The highest BCUT2D eigenvalue weighted by Crippen LogP contribution is 2.32. The molecule has 2 N–H and O–H groups in total. The number of benzene rings is 2. The van der Waals surface area contributed by atoms with Gasteiger partial charge < -0.3 is 10.6 Å². The van der Waals surface area contributed by atoms with Crippen molar-refractivity contribution in [2.45, 2.75) is 13.0 Å². The van der Waals surface area contributed by atoms with Crippen LogP contribution in [0.3, 0.4) is 0 Å². The molecule has 5 rings (SSSR count). The topological polar surface area (TPSA) is 62.5 Å². The van der Waals surface area contributed by atoms with E-state index in [0.29, 0.717) is 54.1 Å². The molecule has 2 saturated heterocycles. The van der Waals surface area contributed by atoms with E-state index < -0.39 is 0 Å². The van der Waals surface area contributed by atoms with Crippen molar-refractivity contribution in [3.63, 3.8) is 0 Å². The molecule has 0 spiro atoms. The van der Waals surface area contributed by atoms with Gasteiger partial charge in [0.25, 0.3) is 0 Å². The number of carbonyl (C=O) groups excluding carboxylic acids is 1. The summed E-state index contributed by atoms with van der Waals surface area (Å²) < 4.78 is 27.2. The smallest absolute Gasteiger partial charge is 0.228 e. The summed E-state index contributed by atoms with van der Waals surface area (Å²) in [6, 6.07) is 16.5. The van der Waals surface area contributed by atoms with Crippen LogP contribution in [0.1, 0.15) is 11.3 Å². The summed E-state index contributed by atoms with van der Waals surface area (Å²) in [7, 11) is 0. The number of fused-ring (bicyclic) bond motifs is 1. The standard InChI is InChI=1S/C26H26F2N4O/c27-21-7-5-17(6-8-21)24-10-9-23(29)25(30-24)11-26(33)32-15-19-13-31(14-20(19)16-32)12-18-3-1-2-4-22(18)28/h1-10,19-20H,11-16,29H2. The van der Waals surface area contributed by atoms with E-state index in [1.54, 1.807) is 30.3 Å². The third-order valence-electron chi connectivity index (χ3n) is 6.73. The summed E-state index contributed by atoms with van der Waals surface area (Å²) in [4.78, 5) is 21.8. The third kappa shape index (κ3) is 4.59. The Kier molecular flexibility index (Phi) is 5.81. The number of likely N-dealkylation sites (tertiary alicyclic amines) is 2. The van der Waals surface area contributed by atoms with E-state index in [4.69, 9.17) is 5.73 Å². The molecule has 1 aromatic heterocycles. The van der Waals surface area contributed by atoms with Gasteiger partial charge in [0.2, 0.25) is 5.91 Å². The van der Waals surface area contributed by atoms with E-state index in [1.807, 2.05) is 17.0 Å². The van der Waals surface area contributed by atoms with Gasteiger partial charge in [-0.25, -0.2) is 8.78 Å². The number of amides is 1. The van der Waals surface area contributed by atoms with E-state index in [-0.39, 0.29) is 24.0 Å². The number of rotatable bonds is 5. The van der Waals surface area contributed by atoms with Gasteiger partial charge in [-0.05, 0) is 54.3 Å². The minimum absolute atomic E-state index is 0.0144. The van der Waals surface area contributed by atoms with E-state index in [0.717, 1.165) is 18.7 Å². The monoisotopic (exact) mass is 448 g/mol. The van der Waals surface area contributed by atoms with Gasteiger partial charge in [-0.2, -0.15) is 0 Å². The van der Waals surface area contributed by atoms with Gasteiger partial charge in [0, 0.05) is 43.9 Å². The van der Waals surface area contributed by atoms with Gasteiger partial charge in [0.05, 0.1) is 23.5 Å². The molecule has 1 amide bonds. The van der Waals surface area contributed by atoms with E-state index in [1.165, 1.54) is 18.2 Å². The van der Waals surface area contributed by atoms with Crippen LogP contribution >= 0.6 is 0 Å². The molecule has 2 aliphatic heterocycles. The predicted octanol–water partition coefficient (Wildman–Crippen LogP) is 3.74. The predicted molar refractivity (Wildman–Crippen MR) is 123 cm³/mol. The van der Waals surface area contributed by atoms with Crippen LogP contribution in [0.15, 0.2) is 60.7 Å². The van der Waals surface area contributed by atoms with Crippen molar-refractivity contribution in [2.75, 3.05) is 31.9 Å². The normalized spacial score (nSPS) is 20.2. The number of carbonyl (C=O) groups is 1. The number of anilines is 1. The quantitative estimate of drug-likeness (QED) is 0.646. The molecular weight excluding hydrogens is 422 g/mol. The van der Waals surface area contributed by atoms with Crippen LogP contribution in [0.4, 0.5) is 14.5 Å². The Hall–Kier alpha value is -3.32. The lowest BCUT2D eigenvalue weighted by Gasteiger charge is -2.22. The Morgan fingerprint density at radius 2 is 1.64 bits per heavy atom. The molecule has 3 aromatic rings. The Labute approximate surface area is 191 Å². The lowest BCUT2D eigenvalue weighted by Crippen LogP contribution is -2.34. The van der Waals surface area contributed by atoms with E-state index in [9.17, 15) is 13.6 Å². The van der Waals surface area contributed by atoms with Crippen LogP contribution in [0.25, 0.3) is 11.3 Å². The number of nitrogen functional groups attached to an aromatic ring is 1. The lowest BCUT2D eigenvalue weighted by atomic mass is 10.0. The molecule has 7 heteroatoms. The first-order chi connectivity index (χ1) is 16.0. The molecule has 5 nitrogen and oxygen atoms in total. The van der Waals surface area contributed by atoms with Crippen molar-refractivity contribution in [1.82, 2.24) is 14.8 Å². The molecule has 0 radical (unpaired) electrons. The molecule has 33 heavy (non-hydrogen) atoms. The van der Waals surface area contributed by atoms with Crippen molar-refractivity contribution >= 4 is 11.6 Å². The van der Waals surface area contributed by atoms with Gasteiger partial charge in [-0.3, -0.25) is 14.7 Å². The minimum Gasteiger partial charge on any atom is -0.397 e. The first kappa shape index (κ1) is 21.5. The Balaban J connectivity index is 1.21. The Bertz CT molecular complexity index is 1150. The highest BCUT2D eigenvalue weighted by Gasteiger charge is 2.41. The second-order valence-corrected chi connectivity index (χ2v) is 9.02. The zero-order valence-electron chi connectivity index (χ0n) is 18.3. The van der Waals surface area contributed by atoms with E-state index in [2.05, 4.69) is 9.88 Å². The molecule has 170 valence electrons. The SMILES string of the molecule is Nc1ccc(-c2ccc(F)cc2)nc1CC(=O)N1CC2CN(Cc3ccccc3F)CC2C1. The largest absolute Gasteiger partial charge is 0.397 e. The summed E-state index contributed by atoms with van der Waals surface area (Å²) in [5.41, 5.74) is 9.27. The van der Waals surface area contributed by atoms with Gasteiger partial charge in [-0.15, -0.1) is 0 Å². The lowest BCUT2D eigenvalue weighted by molar-refractivity contribution is -0.129. The molecular formula is C26H26F2N4O. The maximum Gasteiger partial charge on any atom is 0.228 e. The maximum atomic E-state index is 14.0. The molecule has 2 aromatic carbocycles.